The molecule has 0 radical (unpaired) electrons. The molecule has 1 N–H and O–H groups in total. The molecule has 0 spiro atoms. The van der Waals surface area contributed by atoms with E-state index in [1.165, 1.54) is 18.2 Å². The van der Waals surface area contributed by atoms with Crippen LogP contribution in [0.4, 0.5) is 4.39 Å². The van der Waals surface area contributed by atoms with Crippen LogP contribution in [-0.2, 0) is 14.8 Å². The largest absolute Gasteiger partial charge is 0.377 e. The molecule has 2 atom stereocenters. The second kappa shape index (κ2) is 5.34. The van der Waals surface area contributed by atoms with E-state index < -0.39 is 15.8 Å². The lowest BCUT2D eigenvalue weighted by Crippen LogP contribution is -2.40. The third-order valence-electron chi connectivity index (χ3n) is 2.97. The molecular formula is C12H16FNO3S. The number of ether oxygens (including phenoxy) is 1. The van der Waals surface area contributed by atoms with Crippen LogP contribution in [0.15, 0.2) is 29.2 Å². The van der Waals surface area contributed by atoms with Crippen LogP contribution in [-0.4, -0.2) is 27.2 Å². The summed E-state index contributed by atoms with van der Waals surface area (Å²) in [5.41, 5.74) is 0. The van der Waals surface area contributed by atoms with Crippen LogP contribution < -0.4 is 4.72 Å². The van der Waals surface area contributed by atoms with Gasteiger partial charge in [0.05, 0.1) is 11.0 Å². The number of hydrogen-bond acceptors (Lipinski definition) is 3. The predicted octanol–water partition coefficient (Wildman–Crippen LogP) is 1.67. The van der Waals surface area contributed by atoms with Gasteiger partial charge in [-0.2, -0.15) is 0 Å². The van der Waals surface area contributed by atoms with Gasteiger partial charge >= 0.3 is 0 Å². The third-order valence-corrected chi connectivity index (χ3v) is 4.53. The van der Waals surface area contributed by atoms with Crippen LogP contribution >= 0.6 is 0 Å². The molecule has 1 saturated heterocycles. The van der Waals surface area contributed by atoms with Gasteiger partial charge < -0.3 is 4.74 Å². The maximum Gasteiger partial charge on any atom is 0.241 e. The molecule has 6 heteroatoms. The molecular weight excluding hydrogens is 257 g/mol. The van der Waals surface area contributed by atoms with E-state index in [0.717, 1.165) is 18.9 Å². The molecule has 4 nitrogen and oxygen atoms in total. The average Bonchev–Trinajstić information content (AvgIpc) is 2.82. The molecule has 0 saturated carbocycles. The highest BCUT2D eigenvalue weighted by molar-refractivity contribution is 7.89. The van der Waals surface area contributed by atoms with E-state index in [-0.39, 0.29) is 17.0 Å². The standard InChI is InChI=1S/C12H16FNO3S/c1-9(12-6-3-7-17-12)14-18(15,16)11-5-2-4-10(13)8-11/h2,4-5,8-9,12,14H,3,6-7H2,1H3/t9-,12+/m1/s1. The maximum atomic E-state index is 13.0. The fourth-order valence-corrected chi connectivity index (χ4v) is 3.32. The van der Waals surface area contributed by atoms with Crippen LogP contribution in [0.1, 0.15) is 19.8 Å². The van der Waals surface area contributed by atoms with Crippen molar-refractivity contribution in [2.45, 2.75) is 36.8 Å². The van der Waals surface area contributed by atoms with Crippen LogP contribution in [0, 0.1) is 5.82 Å². The van der Waals surface area contributed by atoms with Gasteiger partial charge in [0.15, 0.2) is 0 Å². The summed E-state index contributed by atoms with van der Waals surface area (Å²) in [6.07, 6.45) is 1.68. The first-order valence-corrected chi connectivity index (χ1v) is 7.37. The zero-order chi connectivity index (χ0) is 13.2. The van der Waals surface area contributed by atoms with Gasteiger partial charge in [0, 0.05) is 12.6 Å². The molecule has 1 aromatic rings. The first kappa shape index (κ1) is 13.5. The van der Waals surface area contributed by atoms with Crippen molar-refractivity contribution in [3.63, 3.8) is 0 Å². The predicted molar refractivity (Wildman–Crippen MR) is 65.2 cm³/mol. The summed E-state index contributed by atoms with van der Waals surface area (Å²) in [6, 6.07) is 4.64. The van der Waals surface area contributed by atoms with Crippen molar-refractivity contribution in [3.8, 4) is 0 Å². The molecule has 0 unspecified atom stereocenters. The second-order valence-corrected chi connectivity index (χ2v) is 6.13. The van der Waals surface area contributed by atoms with Gasteiger partial charge in [-0.1, -0.05) is 6.07 Å². The number of rotatable bonds is 4. The Morgan fingerprint density at radius 1 is 1.50 bits per heavy atom. The third kappa shape index (κ3) is 3.07. The van der Waals surface area contributed by atoms with Gasteiger partial charge in [-0.3, -0.25) is 0 Å². The van der Waals surface area contributed by atoms with E-state index in [0.29, 0.717) is 6.61 Å². The Kier molecular flexibility index (Phi) is 3.99. The fourth-order valence-electron chi connectivity index (χ4n) is 2.02. The number of halogens is 1. The number of sulfonamides is 1. The quantitative estimate of drug-likeness (QED) is 0.908. The number of hydrogen-bond donors (Lipinski definition) is 1. The van der Waals surface area contributed by atoms with E-state index in [4.69, 9.17) is 4.74 Å². The van der Waals surface area contributed by atoms with Crippen LogP contribution in [0.3, 0.4) is 0 Å². The summed E-state index contributed by atoms with van der Waals surface area (Å²) in [4.78, 5) is -0.0626. The summed E-state index contributed by atoms with van der Waals surface area (Å²) in [5.74, 6) is -0.567. The molecule has 1 fully saturated rings. The van der Waals surface area contributed by atoms with Gasteiger partial charge in [0.1, 0.15) is 5.82 Å². The van der Waals surface area contributed by atoms with Gasteiger partial charge in [0.25, 0.3) is 0 Å². The molecule has 1 aromatic carbocycles. The van der Waals surface area contributed by atoms with Crippen molar-refractivity contribution in [1.29, 1.82) is 0 Å². The fraction of sp³-hybridized carbons (Fsp3) is 0.500. The number of benzene rings is 1. The highest BCUT2D eigenvalue weighted by Crippen LogP contribution is 2.18. The Labute approximate surface area is 106 Å². The van der Waals surface area contributed by atoms with E-state index in [1.54, 1.807) is 6.92 Å². The van der Waals surface area contributed by atoms with Crippen molar-refractivity contribution < 1.29 is 17.5 Å². The van der Waals surface area contributed by atoms with Crippen molar-refractivity contribution in [2.75, 3.05) is 6.61 Å². The van der Waals surface area contributed by atoms with Gasteiger partial charge in [-0.15, -0.1) is 0 Å². The Hall–Kier alpha value is -0.980. The summed E-state index contributed by atoms with van der Waals surface area (Å²) < 4.78 is 45.0. The Balaban J connectivity index is 2.11. The zero-order valence-corrected chi connectivity index (χ0v) is 10.9. The molecule has 0 aromatic heterocycles. The molecule has 18 heavy (non-hydrogen) atoms. The van der Waals surface area contributed by atoms with E-state index in [1.807, 2.05) is 0 Å². The van der Waals surface area contributed by atoms with E-state index in [9.17, 15) is 12.8 Å². The highest BCUT2D eigenvalue weighted by Gasteiger charge is 2.26. The van der Waals surface area contributed by atoms with Gasteiger partial charge in [0.2, 0.25) is 10.0 Å². The molecule has 0 amide bonds. The van der Waals surface area contributed by atoms with Gasteiger partial charge in [-0.05, 0) is 38.0 Å². The minimum atomic E-state index is -3.69. The summed E-state index contributed by atoms with van der Waals surface area (Å²) >= 11 is 0. The average molecular weight is 273 g/mol. The topological polar surface area (TPSA) is 55.4 Å². The minimum Gasteiger partial charge on any atom is -0.377 e. The van der Waals surface area contributed by atoms with Crippen LogP contribution in [0.5, 0.6) is 0 Å². The summed E-state index contributed by atoms with van der Waals surface area (Å²) in [5, 5.41) is 0. The van der Waals surface area contributed by atoms with Crippen molar-refractivity contribution in [2.24, 2.45) is 0 Å². The van der Waals surface area contributed by atoms with Crippen molar-refractivity contribution >= 4 is 10.0 Å². The Morgan fingerprint density at radius 3 is 2.89 bits per heavy atom. The van der Waals surface area contributed by atoms with Crippen molar-refractivity contribution in [1.82, 2.24) is 4.72 Å². The van der Waals surface area contributed by atoms with Crippen LogP contribution in [0.25, 0.3) is 0 Å². The van der Waals surface area contributed by atoms with Crippen LogP contribution in [0.2, 0.25) is 0 Å². The Morgan fingerprint density at radius 2 is 2.28 bits per heavy atom. The normalized spacial score (nSPS) is 22.0. The molecule has 1 aliphatic heterocycles. The second-order valence-electron chi connectivity index (χ2n) is 4.42. The monoisotopic (exact) mass is 273 g/mol. The molecule has 1 heterocycles. The summed E-state index contributed by atoms with van der Waals surface area (Å²) in [6.45, 7) is 2.42. The lowest BCUT2D eigenvalue weighted by atomic mass is 10.1. The molecule has 2 rings (SSSR count). The van der Waals surface area contributed by atoms with E-state index >= 15 is 0 Å². The van der Waals surface area contributed by atoms with E-state index in [2.05, 4.69) is 4.72 Å². The molecule has 0 bridgehead atoms. The lowest BCUT2D eigenvalue weighted by molar-refractivity contribution is 0.0902. The first-order valence-electron chi connectivity index (χ1n) is 5.88. The SMILES string of the molecule is C[C@@H](NS(=O)(=O)c1cccc(F)c1)[C@@H]1CCCO1. The first-order chi connectivity index (χ1) is 8.49. The Bertz CT molecular complexity index is 512. The molecule has 0 aliphatic carbocycles. The van der Waals surface area contributed by atoms with Crippen molar-refractivity contribution in [3.05, 3.63) is 30.1 Å². The van der Waals surface area contributed by atoms with Gasteiger partial charge in [-0.25, -0.2) is 17.5 Å². The minimum absolute atomic E-state index is 0.0626. The highest BCUT2D eigenvalue weighted by atomic mass is 32.2. The summed E-state index contributed by atoms with van der Waals surface area (Å²) in [7, 11) is -3.69. The zero-order valence-electron chi connectivity index (χ0n) is 10.1. The maximum absolute atomic E-state index is 13.0. The number of nitrogens with one attached hydrogen (secondary N) is 1. The smallest absolute Gasteiger partial charge is 0.241 e. The molecule has 100 valence electrons. The lowest BCUT2D eigenvalue weighted by Gasteiger charge is -2.19. The molecule has 1 aliphatic rings.